The molecule has 0 saturated carbocycles. The van der Waals surface area contributed by atoms with Gasteiger partial charge in [-0.25, -0.2) is 4.98 Å². The van der Waals surface area contributed by atoms with Crippen LogP contribution in [0.25, 0.3) is 11.3 Å². The highest BCUT2D eigenvalue weighted by Gasteiger charge is 2.32. The van der Waals surface area contributed by atoms with Crippen LogP contribution < -0.4 is 0 Å². The van der Waals surface area contributed by atoms with Gasteiger partial charge >= 0.3 is 0 Å². The SMILES string of the molecule is Cc1oc(CC2CCCCN2C(=O)c2cccnc2-c2ccccc2)nc1C(C)(C)O. The first-order valence-electron chi connectivity index (χ1n) is 10.8. The Morgan fingerprint density at radius 3 is 2.68 bits per heavy atom. The van der Waals surface area contributed by atoms with Gasteiger partial charge in [0.15, 0.2) is 5.89 Å². The van der Waals surface area contributed by atoms with E-state index in [0.29, 0.717) is 41.6 Å². The zero-order valence-corrected chi connectivity index (χ0v) is 18.3. The summed E-state index contributed by atoms with van der Waals surface area (Å²) in [7, 11) is 0. The van der Waals surface area contributed by atoms with Gasteiger partial charge in [-0.1, -0.05) is 30.3 Å². The summed E-state index contributed by atoms with van der Waals surface area (Å²) in [4.78, 5) is 24.6. The van der Waals surface area contributed by atoms with Gasteiger partial charge in [0.25, 0.3) is 5.91 Å². The van der Waals surface area contributed by atoms with Crippen LogP contribution in [0.5, 0.6) is 0 Å². The average molecular weight is 420 g/mol. The van der Waals surface area contributed by atoms with E-state index in [1.165, 1.54) is 0 Å². The smallest absolute Gasteiger partial charge is 0.256 e. The maximum absolute atomic E-state index is 13.6. The molecule has 1 amide bonds. The monoisotopic (exact) mass is 419 g/mol. The van der Waals surface area contributed by atoms with E-state index < -0.39 is 5.60 Å². The molecule has 31 heavy (non-hydrogen) atoms. The van der Waals surface area contributed by atoms with Gasteiger partial charge < -0.3 is 14.4 Å². The van der Waals surface area contributed by atoms with Gasteiger partial charge in [-0.15, -0.1) is 0 Å². The van der Waals surface area contributed by atoms with Crippen LogP contribution >= 0.6 is 0 Å². The minimum absolute atomic E-state index is 0.00205. The number of aryl methyl sites for hydroxylation is 1. The summed E-state index contributed by atoms with van der Waals surface area (Å²) in [5.41, 5.74) is 1.73. The molecule has 0 aliphatic carbocycles. The predicted octanol–water partition coefficient (Wildman–Crippen LogP) is 4.51. The number of nitrogens with zero attached hydrogens (tertiary/aromatic N) is 3. The third-order valence-electron chi connectivity index (χ3n) is 5.80. The number of aromatic nitrogens is 2. The number of rotatable bonds is 5. The molecule has 1 aliphatic rings. The summed E-state index contributed by atoms with van der Waals surface area (Å²) >= 11 is 0. The van der Waals surface area contributed by atoms with Crippen LogP contribution in [0, 0.1) is 6.92 Å². The Kier molecular flexibility index (Phi) is 5.92. The van der Waals surface area contributed by atoms with Gasteiger partial charge in [0.2, 0.25) is 0 Å². The largest absolute Gasteiger partial charge is 0.446 e. The summed E-state index contributed by atoms with van der Waals surface area (Å²) in [6, 6.07) is 13.5. The van der Waals surface area contributed by atoms with Crippen molar-refractivity contribution in [3.8, 4) is 11.3 Å². The van der Waals surface area contributed by atoms with E-state index in [4.69, 9.17) is 4.42 Å². The number of amides is 1. The van der Waals surface area contributed by atoms with Crippen LogP contribution in [0.1, 0.15) is 60.8 Å². The molecule has 1 aromatic carbocycles. The van der Waals surface area contributed by atoms with E-state index in [0.717, 1.165) is 24.8 Å². The summed E-state index contributed by atoms with van der Waals surface area (Å²) in [5, 5.41) is 10.3. The summed E-state index contributed by atoms with van der Waals surface area (Å²) in [6.07, 6.45) is 5.18. The van der Waals surface area contributed by atoms with Gasteiger partial charge in [0.1, 0.15) is 17.1 Å². The zero-order valence-electron chi connectivity index (χ0n) is 18.3. The Balaban J connectivity index is 1.61. The predicted molar refractivity (Wildman–Crippen MR) is 119 cm³/mol. The van der Waals surface area contributed by atoms with Crippen LogP contribution in [-0.2, 0) is 12.0 Å². The normalized spacial score (nSPS) is 17.0. The molecule has 162 valence electrons. The number of piperidine rings is 1. The van der Waals surface area contributed by atoms with Crippen LogP contribution in [-0.4, -0.2) is 38.5 Å². The van der Waals surface area contributed by atoms with Gasteiger partial charge in [-0.3, -0.25) is 9.78 Å². The van der Waals surface area contributed by atoms with Crippen molar-refractivity contribution in [1.82, 2.24) is 14.9 Å². The minimum Gasteiger partial charge on any atom is -0.446 e. The van der Waals surface area contributed by atoms with Crippen molar-refractivity contribution in [2.45, 2.75) is 58.1 Å². The highest BCUT2D eigenvalue weighted by atomic mass is 16.4. The quantitative estimate of drug-likeness (QED) is 0.658. The molecule has 1 unspecified atom stereocenters. The fourth-order valence-electron chi connectivity index (χ4n) is 4.35. The van der Waals surface area contributed by atoms with Crippen LogP contribution in [0.15, 0.2) is 53.1 Å². The molecule has 0 bridgehead atoms. The van der Waals surface area contributed by atoms with Crippen molar-refractivity contribution in [2.75, 3.05) is 6.54 Å². The first kappa shape index (κ1) is 21.2. The van der Waals surface area contributed by atoms with Crippen molar-refractivity contribution in [1.29, 1.82) is 0 Å². The van der Waals surface area contributed by atoms with Crippen molar-refractivity contribution in [2.24, 2.45) is 0 Å². The highest BCUT2D eigenvalue weighted by molar-refractivity contribution is 6.00. The lowest BCUT2D eigenvalue weighted by atomic mass is 9.97. The molecule has 1 atom stereocenters. The van der Waals surface area contributed by atoms with Crippen LogP contribution in [0.3, 0.4) is 0 Å². The van der Waals surface area contributed by atoms with Gasteiger partial charge in [-0.05, 0) is 52.2 Å². The molecule has 1 fully saturated rings. The molecule has 0 radical (unpaired) electrons. The van der Waals surface area contributed by atoms with E-state index >= 15 is 0 Å². The number of aliphatic hydroxyl groups is 1. The highest BCUT2D eigenvalue weighted by Crippen LogP contribution is 2.29. The number of carbonyl (C=O) groups excluding carboxylic acids is 1. The molecule has 3 aromatic rings. The third-order valence-corrected chi connectivity index (χ3v) is 5.80. The molecule has 3 heterocycles. The Morgan fingerprint density at radius 2 is 1.97 bits per heavy atom. The van der Waals surface area contributed by atoms with Crippen LogP contribution in [0.4, 0.5) is 0 Å². The number of pyridine rings is 1. The molecular weight excluding hydrogens is 390 g/mol. The number of benzene rings is 1. The molecule has 6 nitrogen and oxygen atoms in total. The summed E-state index contributed by atoms with van der Waals surface area (Å²) in [6.45, 7) is 5.91. The van der Waals surface area contributed by atoms with Crippen molar-refractivity contribution < 1.29 is 14.3 Å². The van der Waals surface area contributed by atoms with Gasteiger partial charge in [-0.2, -0.15) is 0 Å². The fourth-order valence-corrected chi connectivity index (χ4v) is 4.35. The Bertz CT molecular complexity index is 1050. The van der Waals surface area contributed by atoms with E-state index in [1.807, 2.05) is 54.3 Å². The number of hydrogen-bond donors (Lipinski definition) is 1. The number of oxazole rings is 1. The van der Waals surface area contributed by atoms with Gasteiger partial charge in [0.05, 0.1) is 11.3 Å². The fraction of sp³-hybridized carbons (Fsp3) is 0.400. The second-order valence-electron chi connectivity index (χ2n) is 8.69. The Hall–Kier alpha value is -2.99. The van der Waals surface area contributed by atoms with E-state index in [1.54, 1.807) is 20.0 Å². The molecule has 1 N–H and O–H groups in total. The topological polar surface area (TPSA) is 79.5 Å². The van der Waals surface area contributed by atoms with E-state index in [-0.39, 0.29) is 11.9 Å². The van der Waals surface area contributed by atoms with E-state index in [2.05, 4.69) is 9.97 Å². The minimum atomic E-state index is -1.06. The lowest BCUT2D eigenvalue weighted by molar-refractivity contribution is 0.0604. The molecule has 1 aliphatic heterocycles. The van der Waals surface area contributed by atoms with Crippen molar-refractivity contribution in [3.63, 3.8) is 0 Å². The zero-order chi connectivity index (χ0) is 22.0. The maximum atomic E-state index is 13.6. The second kappa shape index (κ2) is 8.63. The Morgan fingerprint density at radius 1 is 1.19 bits per heavy atom. The standard InChI is InChI=1S/C25H29N3O3/c1-17-23(25(2,3)30)27-21(31-17)16-19-12-7-8-15-28(19)24(29)20-13-9-14-26-22(20)18-10-5-4-6-11-18/h4-6,9-11,13-14,19,30H,7-8,12,15-16H2,1-3H3. The lowest BCUT2D eigenvalue weighted by Gasteiger charge is -2.35. The molecular formula is C25H29N3O3. The molecule has 6 heteroatoms. The number of likely N-dealkylation sites (tertiary alicyclic amines) is 1. The second-order valence-corrected chi connectivity index (χ2v) is 8.69. The maximum Gasteiger partial charge on any atom is 0.256 e. The first-order valence-corrected chi connectivity index (χ1v) is 10.8. The average Bonchev–Trinajstić information content (AvgIpc) is 3.15. The van der Waals surface area contributed by atoms with E-state index in [9.17, 15) is 9.90 Å². The summed E-state index contributed by atoms with van der Waals surface area (Å²) in [5.74, 6) is 1.17. The molecule has 1 saturated heterocycles. The lowest BCUT2D eigenvalue weighted by Crippen LogP contribution is -2.45. The molecule has 2 aromatic heterocycles. The van der Waals surface area contributed by atoms with Gasteiger partial charge in [0, 0.05) is 30.8 Å². The van der Waals surface area contributed by atoms with Crippen molar-refractivity contribution >= 4 is 5.91 Å². The third kappa shape index (κ3) is 4.54. The number of hydrogen-bond acceptors (Lipinski definition) is 5. The van der Waals surface area contributed by atoms with Crippen LogP contribution in [0.2, 0.25) is 0 Å². The van der Waals surface area contributed by atoms with Crippen molar-refractivity contribution in [3.05, 3.63) is 71.6 Å². The number of carbonyl (C=O) groups is 1. The summed E-state index contributed by atoms with van der Waals surface area (Å²) < 4.78 is 5.85. The first-order chi connectivity index (χ1) is 14.8. The molecule has 4 rings (SSSR count). The Labute approximate surface area is 183 Å². The molecule has 0 spiro atoms.